The molecule has 0 aliphatic rings. The average molecular weight is 274 g/mol. The first-order chi connectivity index (χ1) is 9.61. The van der Waals surface area contributed by atoms with Gasteiger partial charge in [0.15, 0.2) is 0 Å². The number of aliphatic hydroxyl groups is 1. The zero-order chi connectivity index (χ0) is 14.5. The summed E-state index contributed by atoms with van der Waals surface area (Å²) in [5, 5.41) is 10.3. The summed E-state index contributed by atoms with van der Waals surface area (Å²) in [6.07, 6.45) is 0.540. The number of halogens is 1. The van der Waals surface area contributed by atoms with E-state index in [-0.39, 0.29) is 5.82 Å². The number of hydrogen-bond donors (Lipinski definition) is 1. The Labute approximate surface area is 118 Å². The number of aryl methyl sites for hydroxylation is 2. The number of ether oxygens (including phenoxy) is 1. The van der Waals surface area contributed by atoms with Crippen molar-refractivity contribution < 1.29 is 14.2 Å². The summed E-state index contributed by atoms with van der Waals surface area (Å²) in [4.78, 5) is 0. The van der Waals surface area contributed by atoms with E-state index in [9.17, 15) is 9.50 Å². The molecule has 2 aromatic carbocycles. The second kappa shape index (κ2) is 6.53. The van der Waals surface area contributed by atoms with Crippen molar-refractivity contribution in [2.24, 2.45) is 0 Å². The number of benzene rings is 2. The first kappa shape index (κ1) is 14.5. The molecular weight excluding hydrogens is 255 g/mol. The number of aliphatic hydroxyl groups excluding tert-OH is 1. The van der Waals surface area contributed by atoms with Gasteiger partial charge in [-0.25, -0.2) is 4.39 Å². The van der Waals surface area contributed by atoms with Crippen LogP contribution in [0.4, 0.5) is 4.39 Å². The number of methoxy groups -OCH3 is 1. The largest absolute Gasteiger partial charge is 0.496 e. The fourth-order valence-electron chi connectivity index (χ4n) is 2.30. The van der Waals surface area contributed by atoms with E-state index in [1.807, 2.05) is 31.2 Å². The van der Waals surface area contributed by atoms with Crippen LogP contribution in [-0.4, -0.2) is 12.2 Å². The van der Waals surface area contributed by atoms with Crippen LogP contribution in [0.2, 0.25) is 0 Å². The van der Waals surface area contributed by atoms with E-state index in [4.69, 9.17) is 4.74 Å². The van der Waals surface area contributed by atoms with Crippen LogP contribution < -0.4 is 4.74 Å². The summed E-state index contributed by atoms with van der Waals surface area (Å²) in [7, 11) is 1.52. The number of rotatable bonds is 5. The Balaban J connectivity index is 2.11. The lowest BCUT2D eigenvalue weighted by atomic mass is 9.98. The van der Waals surface area contributed by atoms with Crippen molar-refractivity contribution in [2.75, 3.05) is 7.11 Å². The topological polar surface area (TPSA) is 29.5 Å². The van der Waals surface area contributed by atoms with E-state index < -0.39 is 6.10 Å². The Kier molecular flexibility index (Phi) is 4.74. The smallest absolute Gasteiger partial charge is 0.124 e. The standard InChI is InChI=1S/C17H19FO2/c1-12-5-3-4-6-13(12)7-9-16(19)15-11-14(18)8-10-17(15)20-2/h3-6,8,10-11,16,19H,7,9H2,1-2H3. The van der Waals surface area contributed by atoms with Gasteiger partial charge in [0.05, 0.1) is 13.2 Å². The Morgan fingerprint density at radius 3 is 2.65 bits per heavy atom. The molecule has 0 amide bonds. The molecule has 2 nitrogen and oxygen atoms in total. The van der Waals surface area contributed by atoms with Crippen LogP contribution in [-0.2, 0) is 6.42 Å². The van der Waals surface area contributed by atoms with Crippen molar-refractivity contribution in [1.29, 1.82) is 0 Å². The minimum atomic E-state index is -0.736. The molecule has 0 spiro atoms. The highest BCUT2D eigenvalue weighted by Gasteiger charge is 2.14. The summed E-state index contributed by atoms with van der Waals surface area (Å²) in [6.45, 7) is 2.05. The van der Waals surface area contributed by atoms with Crippen LogP contribution in [0.3, 0.4) is 0 Å². The molecule has 20 heavy (non-hydrogen) atoms. The minimum Gasteiger partial charge on any atom is -0.496 e. The number of hydrogen-bond acceptors (Lipinski definition) is 2. The fraction of sp³-hybridized carbons (Fsp3) is 0.294. The molecular formula is C17H19FO2. The fourth-order valence-corrected chi connectivity index (χ4v) is 2.30. The van der Waals surface area contributed by atoms with Gasteiger partial charge < -0.3 is 9.84 Å². The Morgan fingerprint density at radius 2 is 1.95 bits per heavy atom. The van der Waals surface area contributed by atoms with Crippen LogP contribution >= 0.6 is 0 Å². The van der Waals surface area contributed by atoms with E-state index in [1.54, 1.807) is 6.07 Å². The molecule has 1 atom stereocenters. The Morgan fingerprint density at radius 1 is 1.20 bits per heavy atom. The van der Waals surface area contributed by atoms with Crippen molar-refractivity contribution in [3.8, 4) is 5.75 Å². The molecule has 2 aromatic rings. The molecule has 0 heterocycles. The summed E-state index contributed by atoms with van der Waals surface area (Å²) < 4.78 is 18.5. The van der Waals surface area contributed by atoms with Gasteiger partial charge in [-0.15, -0.1) is 0 Å². The summed E-state index contributed by atoms with van der Waals surface area (Å²) in [6, 6.07) is 12.3. The molecule has 0 saturated carbocycles. The summed E-state index contributed by atoms with van der Waals surface area (Å²) in [5.74, 6) is 0.152. The van der Waals surface area contributed by atoms with Gasteiger partial charge in [-0.3, -0.25) is 0 Å². The lowest BCUT2D eigenvalue weighted by Gasteiger charge is -2.15. The van der Waals surface area contributed by atoms with Crippen LogP contribution in [0.25, 0.3) is 0 Å². The SMILES string of the molecule is COc1ccc(F)cc1C(O)CCc1ccccc1C. The highest BCUT2D eigenvalue weighted by molar-refractivity contribution is 5.36. The lowest BCUT2D eigenvalue weighted by molar-refractivity contribution is 0.163. The van der Waals surface area contributed by atoms with E-state index in [1.165, 1.54) is 30.4 Å². The Bertz CT molecular complexity index is 581. The zero-order valence-corrected chi connectivity index (χ0v) is 11.8. The predicted octanol–water partition coefficient (Wildman–Crippen LogP) is 3.81. The van der Waals surface area contributed by atoms with Gasteiger partial charge in [-0.1, -0.05) is 24.3 Å². The maximum atomic E-state index is 13.3. The van der Waals surface area contributed by atoms with Gasteiger partial charge in [0.1, 0.15) is 11.6 Å². The maximum Gasteiger partial charge on any atom is 0.124 e. The molecule has 0 aromatic heterocycles. The van der Waals surface area contributed by atoms with Gasteiger partial charge in [0, 0.05) is 5.56 Å². The van der Waals surface area contributed by atoms with Gasteiger partial charge >= 0.3 is 0 Å². The van der Waals surface area contributed by atoms with E-state index in [0.717, 1.165) is 6.42 Å². The molecule has 106 valence electrons. The quantitative estimate of drug-likeness (QED) is 0.898. The molecule has 0 aliphatic carbocycles. The van der Waals surface area contributed by atoms with Gasteiger partial charge in [0.25, 0.3) is 0 Å². The van der Waals surface area contributed by atoms with Crippen LogP contribution in [0, 0.1) is 12.7 Å². The molecule has 3 heteroatoms. The normalized spacial score (nSPS) is 12.2. The second-order valence-electron chi connectivity index (χ2n) is 4.87. The van der Waals surface area contributed by atoms with Crippen molar-refractivity contribution in [3.05, 3.63) is 65.0 Å². The monoisotopic (exact) mass is 274 g/mol. The van der Waals surface area contributed by atoms with Crippen LogP contribution in [0.1, 0.15) is 29.2 Å². The first-order valence-electron chi connectivity index (χ1n) is 6.68. The third kappa shape index (κ3) is 3.36. The first-order valence-corrected chi connectivity index (χ1v) is 6.68. The van der Waals surface area contributed by atoms with Gasteiger partial charge in [0.2, 0.25) is 0 Å². The van der Waals surface area contributed by atoms with Gasteiger partial charge in [-0.05, 0) is 49.1 Å². The summed E-state index contributed by atoms with van der Waals surface area (Å²) >= 11 is 0. The highest BCUT2D eigenvalue weighted by Crippen LogP contribution is 2.29. The van der Waals surface area contributed by atoms with Crippen molar-refractivity contribution in [3.63, 3.8) is 0 Å². The average Bonchev–Trinajstić information content (AvgIpc) is 2.46. The van der Waals surface area contributed by atoms with Crippen LogP contribution in [0.15, 0.2) is 42.5 Å². The van der Waals surface area contributed by atoms with E-state index in [2.05, 4.69) is 0 Å². The highest BCUT2D eigenvalue weighted by atomic mass is 19.1. The zero-order valence-electron chi connectivity index (χ0n) is 11.8. The molecule has 0 fully saturated rings. The molecule has 2 rings (SSSR count). The molecule has 0 bridgehead atoms. The third-order valence-corrected chi connectivity index (χ3v) is 3.50. The Hall–Kier alpha value is -1.87. The van der Waals surface area contributed by atoms with E-state index in [0.29, 0.717) is 17.7 Å². The van der Waals surface area contributed by atoms with E-state index >= 15 is 0 Å². The van der Waals surface area contributed by atoms with Gasteiger partial charge in [-0.2, -0.15) is 0 Å². The molecule has 0 aliphatic heterocycles. The van der Waals surface area contributed by atoms with Crippen molar-refractivity contribution in [2.45, 2.75) is 25.9 Å². The maximum absolute atomic E-state index is 13.3. The van der Waals surface area contributed by atoms with Crippen molar-refractivity contribution in [1.82, 2.24) is 0 Å². The lowest BCUT2D eigenvalue weighted by Crippen LogP contribution is -2.03. The summed E-state index contributed by atoms with van der Waals surface area (Å²) in [5.41, 5.74) is 2.90. The third-order valence-electron chi connectivity index (χ3n) is 3.50. The van der Waals surface area contributed by atoms with Crippen molar-refractivity contribution >= 4 is 0 Å². The molecule has 1 N–H and O–H groups in total. The van der Waals surface area contributed by atoms with Crippen LogP contribution in [0.5, 0.6) is 5.75 Å². The molecule has 0 radical (unpaired) electrons. The second-order valence-corrected chi connectivity index (χ2v) is 4.87. The minimum absolute atomic E-state index is 0.365. The molecule has 1 unspecified atom stereocenters. The predicted molar refractivity (Wildman–Crippen MR) is 77.4 cm³/mol. The molecule has 0 saturated heterocycles.